The lowest BCUT2D eigenvalue weighted by Gasteiger charge is -2.32. The molecular formula is C14H25NO4. The van der Waals surface area contributed by atoms with Gasteiger partial charge in [-0.25, -0.2) is 0 Å². The molecule has 0 heterocycles. The number of carboxylic acid groups (broad SMARTS) is 1. The van der Waals surface area contributed by atoms with Crippen LogP contribution in [0.25, 0.3) is 0 Å². The van der Waals surface area contributed by atoms with Gasteiger partial charge in [0.25, 0.3) is 0 Å². The summed E-state index contributed by atoms with van der Waals surface area (Å²) in [6.45, 7) is 6.00. The summed E-state index contributed by atoms with van der Waals surface area (Å²) in [5, 5.41) is 21.1. The van der Waals surface area contributed by atoms with Crippen LogP contribution >= 0.6 is 0 Å². The normalized spacial score (nSPS) is 25.1. The van der Waals surface area contributed by atoms with Crippen molar-refractivity contribution in [1.29, 1.82) is 0 Å². The molecule has 3 atom stereocenters. The van der Waals surface area contributed by atoms with Crippen LogP contribution in [-0.4, -0.2) is 34.7 Å². The fourth-order valence-corrected chi connectivity index (χ4v) is 2.70. The molecule has 1 fully saturated rings. The summed E-state index contributed by atoms with van der Waals surface area (Å²) in [7, 11) is 0. The maximum atomic E-state index is 12.2. The number of hydrogen-bond acceptors (Lipinski definition) is 3. The Balaban J connectivity index is 2.69. The number of hydrogen-bond donors (Lipinski definition) is 3. The van der Waals surface area contributed by atoms with E-state index in [-0.39, 0.29) is 24.0 Å². The number of nitrogens with one attached hydrogen (secondary N) is 1. The first-order chi connectivity index (χ1) is 8.77. The molecule has 0 aliphatic heterocycles. The van der Waals surface area contributed by atoms with Crippen molar-refractivity contribution in [3.63, 3.8) is 0 Å². The Kier molecular flexibility index (Phi) is 5.35. The van der Waals surface area contributed by atoms with Gasteiger partial charge in [0.2, 0.25) is 5.91 Å². The van der Waals surface area contributed by atoms with Gasteiger partial charge in [-0.15, -0.1) is 0 Å². The highest BCUT2D eigenvalue weighted by Gasteiger charge is 2.39. The second-order valence-corrected chi connectivity index (χ2v) is 6.42. The first kappa shape index (κ1) is 16.0. The second-order valence-electron chi connectivity index (χ2n) is 6.42. The molecular weight excluding hydrogens is 246 g/mol. The fourth-order valence-electron chi connectivity index (χ4n) is 2.70. The first-order valence-electron chi connectivity index (χ1n) is 6.91. The molecule has 110 valence electrons. The van der Waals surface area contributed by atoms with Crippen LogP contribution in [0.4, 0.5) is 0 Å². The number of carbonyl (C=O) groups excluding carboxylic acids is 1. The Hall–Kier alpha value is -1.10. The Morgan fingerprint density at radius 2 is 1.84 bits per heavy atom. The van der Waals surface area contributed by atoms with E-state index in [1.54, 1.807) is 0 Å². The van der Waals surface area contributed by atoms with Gasteiger partial charge in [0.15, 0.2) is 0 Å². The molecule has 5 heteroatoms. The Bertz CT molecular complexity index is 335. The average Bonchev–Trinajstić information content (AvgIpc) is 2.75. The summed E-state index contributed by atoms with van der Waals surface area (Å²) in [6, 6.07) is -0.139. The lowest BCUT2D eigenvalue weighted by Crippen LogP contribution is -2.47. The van der Waals surface area contributed by atoms with E-state index in [4.69, 9.17) is 10.2 Å². The van der Waals surface area contributed by atoms with E-state index in [9.17, 15) is 9.59 Å². The van der Waals surface area contributed by atoms with Crippen molar-refractivity contribution in [3.8, 4) is 0 Å². The van der Waals surface area contributed by atoms with Crippen LogP contribution < -0.4 is 5.32 Å². The molecule has 1 saturated carbocycles. The lowest BCUT2D eigenvalue weighted by atomic mass is 9.84. The largest absolute Gasteiger partial charge is 0.481 e. The molecule has 1 aliphatic carbocycles. The molecule has 1 amide bonds. The minimum atomic E-state index is -0.882. The third-order valence-electron chi connectivity index (χ3n) is 3.95. The van der Waals surface area contributed by atoms with E-state index in [1.807, 2.05) is 20.8 Å². The summed E-state index contributed by atoms with van der Waals surface area (Å²) >= 11 is 0. The average molecular weight is 271 g/mol. The third-order valence-corrected chi connectivity index (χ3v) is 3.95. The number of aliphatic hydroxyl groups is 1. The number of aliphatic hydroxyl groups excluding tert-OH is 1. The van der Waals surface area contributed by atoms with Gasteiger partial charge < -0.3 is 15.5 Å². The van der Waals surface area contributed by atoms with Crippen LogP contribution in [-0.2, 0) is 9.59 Å². The van der Waals surface area contributed by atoms with Crippen LogP contribution in [0.15, 0.2) is 0 Å². The Morgan fingerprint density at radius 3 is 2.32 bits per heavy atom. The van der Waals surface area contributed by atoms with Crippen LogP contribution in [0.3, 0.4) is 0 Å². The Morgan fingerprint density at radius 1 is 1.26 bits per heavy atom. The SMILES string of the molecule is CC(C)(C)C(CCO)NC(=O)C1CCCC1C(=O)O. The number of carbonyl (C=O) groups is 2. The minimum absolute atomic E-state index is 0.00917. The van der Waals surface area contributed by atoms with E-state index in [1.165, 1.54) is 0 Å². The van der Waals surface area contributed by atoms with Gasteiger partial charge in [-0.05, 0) is 24.7 Å². The molecule has 0 aromatic rings. The summed E-state index contributed by atoms with van der Waals surface area (Å²) in [5.41, 5.74) is -0.157. The number of aliphatic carboxylic acids is 1. The molecule has 19 heavy (non-hydrogen) atoms. The van der Waals surface area contributed by atoms with Crippen molar-refractivity contribution in [2.45, 2.75) is 52.5 Å². The zero-order chi connectivity index (χ0) is 14.6. The predicted octanol–water partition coefficient (Wildman–Crippen LogP) is 1.40. The number of rotatable bonds is 5. The second kappa shape index (κ2) is 6.37. The van der Waals surface area contributed by atoms with Crippen molar-refractivity contribution < 1.29 is 19.8 Å². The van der Waals surface area contributed by atoms with Gasteiger partial charge in [-0.2, -0.15) is 0 Å². The van der Waals surface area contributed by atoms with Crippen molar-refractivity contribution in [3.05, 3.63) is 0 Å². The van der Waals surface area contributed by atoms with Gasteiger partial charge in [-0.1, -0.05) is 27.2 Å². The van der Waals surface area contributed by atoms with Crippen LogP contribution in [0, 0.1) is 17.3 Å². The van der Waals surface area contributed by atoms with Crippen molar-refractivity contribution >= 4 is 11.9 Å². The highest BCUT2D eigenvalue weighted by Crippen LogP contribution is 2.33. The molecule has 0 bridgehead atoms. The van der Waals surface area contributed by atoms with E-state index < -0.39 is 17.8 Å². The van der Waals surface area contributed by atoms with Gasteiger partial charge in [0.1, 0.15) is 0 Å². The van der Waals surface area contributed by atoms with Crippen molar-refractivity contribution in [1.82, 2.24) is 5.32 Å². The highest BCUT2D eigenvalue weighted by atomic mass is 16.4. The molecule has 3 unspecified atom stereocenters. The molecule has 1 aliphatic rings. The molecule has 3 N–H and O–H groups in total. The molecule has 5 nitrogen and oxygen atoms in total. The topological polar surface area (TPSA) is 86.6 Å². The van der Waals surface area contributed by atoms with E-state index in [2.05, 4.69) is 5.32 Å². The summed E-state index contributed by atoms with van der Waals surface area (Å²) < 4.78 is 0. The molecule has 0 aromatic heterocycles. The van der Waals surface area contributed by atoms with E-state index in [0.717, 1.165) is 6.42 Å². The maximum absolute atomic E-state index is 12.2. The van der Waals surface area contributed by atoms with Gasteiger partial charge in [0, 0.05) is 12.6 Å². The number of carboxylic acids is 1. The smallest absolute Gasteiger partial charge is 0.307 e. The molecule has 0 spiro atoms. The zero-order valence-electron chi connectivity index (χ0n) is 12.0. The molecule has 0 saturated heterocycles. The lowest BCUT2D eigenvalue weighted by molar-refractivity contribution is -0.146. The maximum Gasteiger partial charge on any atom is 0.307 e. The number of amides is 1. The van der Waals surface area contributed by atoms with Gasteiger partial charge in [0.05, 0.1) is 11.8 Å². The minimum Gasteiger partial charge on any atom is -0.481 e. The van der Waals surface area contributed by atoms with E-state index >= 15 is 0 Å². The summed E-state index contributed by atoms with van der Waals surface area (Å²) in [6.07, 6.45) is 2.49. The van der Waals surface area contributed by atoms with Gasteiger partial charge >= 0.3 is 5.97 Å². The van der Waals surface area contributed by atoms with Crippen molar-refractivity contribution in [2.75, 3.05) is 6.61 Å². The summed E-state index contributed by atoms with van der Waals surface area (Å²) in [5.74, 6) is -2.05. The quantitative estimate of drug-likeness (QED) is 0.705. The van der Waals surface area contributed by atoms with Crippen LogP contribution in [0.1, 0.15) is 46.5 Å². The van der Waals surface area contributed by atoms with Crippen LogP contribution in [0.5, 0.6) is 0 Å². The standard InChI is InChI=1S/C14H25NO4/c1-14(2,3)11(7-8-16)15-12(17)9-5-4-6-10(9)13(18)19/h9-11,16H,4-8H2,1-3H3,(H,15,17)(H,18,19). The van der Waals surface area contributed by atoms with E-state index in [0.29, 0.717) is 19.3 Å². The fraction of sp³-hybridized carbons (Fsp3) is 0.857. The van der Waals surface area contributed by atoms with Crippen LogP contribution in [0.2, 0.25) is 0 Å². The zero-order valence-corrected chi connectivity index (χ0v) is 12.0. The Labute approximate surface area is 114 Å². The predicted molar refractivity (Wildman–Crippen MR) is 71.6 cm³/mol. The first-order valence-corrected chi connectivity index (χ1v) is 6.91. The third kappa shape index (κ3) is 4.20. The highest BCUT2D eigenvalue weighted by molar-refractivity contribution is 5.85. The summed E-state index contributed by atoms with van der Waals surface area (Å²) in [4.78, 5) is 23.3. The monoisotopic (exact) mass is 271 g/mol. The van der Waals surface area contributed by atoms with Gasteiger partial charge in [-0.3, -0.25) is 9.59 Å². The molecule has 0 aromatic carbocycles. The molecule has 1 rings (SSSR count). The van der Waals surface area contributed by atoms with Crippen molar-refractivity contribution in [2.24, 2.45) is 17.3 Å². The molecule has 0 radical (unpaired) electrons.